The molecule has 0 saturated carbocycles. The van der Waals surface area contributed by atoms with Crippen molar-refractivity contribution in [2.24, 2.45) is 13.0 Å². The standard InChI is InChI=1S/C23H31N5O3/c1-5-6-7-17-8-10-18(11-9-17)27-14-16(2)15-28-19-20(24-22(27)28)25(3)23(30)26(21(19)29)12-13-31-4/h8-11,16H,5-7,12-15H2,1-4H3. The Morgan fingerprint density at radius 2 is 1.90 bits per heavy atom. The normalized spacial score (nSPS) is 16.1. The maximum Gasteiger partial charge on any atom is 0.332 e. The second kappa shape index (κ2) is 8.70. The van der Waals surface area contributed by atoms with Crippen LogP contribution in [0.5, 0.6) is 0 Å². The maximum atomic E-state index is 13.3. The van der Waals surface area contributed by atoms with Crippen LogP contribution < -0.4 is 16.1 Å². The van der Waals surface area contributed by atoms with Crippen molar-refractivity contribution >= 4 is 22.8 Å². The lowest BCUT2D eigenvalue weighted by Gasteiger charge is -2.33. The van der Waals surface area contributed by atoms with E-state index in [9.17, 15) is 9.59 Å². The molecule has 8 nitrogen and oxygen atoms in total. The number of unbranched alkanes of at least 4 members (excludes halogenated alkanes) is 1. The van der Waals surface area contributed by atoms with Crippen molar-refractivity contribution in [2.45, 2.75) is 46.2 Å². The van der Waals surface area contributed by atoms with E-state index >= 15 is 0 Å². The van der Waals surface area contributed by atoms with Crippen LogP contribution in [0.15, 0.2) is 33.9 Å². The minimum Gasteiger partial charge on any atom is -0.383 e. The summed E-state index contributed by atoms with van der Waals surface area (Å²) in [6.07, 6.45) is 3.43. The summed E-state index contributed by atoms with van der Waals surface area (Å²) in [7, 11) is 3.23. The van der Waals surface area contributed by atoms with Crippen LogP contribution in [0, 0.1) is 5.92 Å². The number of aryl methyl sites for hydroxylation is 2. The Bertz CT molecular complexity index is 1190. The Balaban J connectivity index is 1.83. The number of methoxy groups -OCH3 is 1. The molecule has 1 aliphatic rings. The van der Waals surface area contributed by atoms with Gasteiger partial charge in [0.1, 0.15) is 0 Å². The SMILES string of the molecule is CCCCc1ccc(N2CC(C)Cn3c2nc2c3c(=O)n(CCOC)c(=O)n2C)cc1. The summed E-state index contributed by atoms with van der Waals surface area (Å²) in [5.74, 6) is 1.04. The highest BCUT2D eigenvalue weighted by Crippen LogP contribution is 2.33. The van der Waals surface area contributed by atoms with Crippen molar-refractivity contribution in [2.75, 3.05) is 25.2 Å². The number of hydrogen-bond acceptors (Lipinski definition) is 5. The first-order valence-electron chi connectivity index (χ1n) is 11.0. The van der Waals surface area contributed by atoms with E-state index in [1.807, 2.05) is 4.57 Å². The molecule has 0 radical (unpaired) electrons. The number of nitrogens with zero attached hydrogens (tertiary/aromatic N) is 5. The fraction of sp³-hybridized carbons (Fsp3) is 0.522. The topological polar surface area (TPSA) is 74.3 Å². The largest absolute Gasteiger partial charge is 0.383 e. The van der Waals surface area contributed by atoms with Crippen molar-refractivity contribution < 1.29 is 4.74 Å². The quantitative estimate of drug-likeness (QED) is 0.582. The number of rotatable bonds is 7. The fourth-order valence-electron chi connectivity index (χ4n) is 4.33. The van der Waals surface area contributed by atoms with Crippen molar-refractivity contribution in [3.63, 3.8) is 0 Å². The van der Waals surface area contributed by atoms with Gasteiger partial charge < -0.3 is 14.2 Å². The number of anilines is 2. The number of imidazole rings is 1. The summed E-state index contributed by atoms with van der Waals surface area (Å²) < 4.78 is 9.77. The molecule has 0 bridgehead atoms. The second-order valence-corrected chi connectivity index (χ2v) is 8.47. The van der Waals surface area contributed by atoms with Gasteiger partial charge in [-0.3, -0.25) is 13.9 Å². The first kappa shape index (κ1) is 21.4. The Hall–Kier alpha value is -2.87. The van der Waals surface area contributed by atoms with E-state index in [2.05, 4.69) is 43.0 Å². The molecular formula is C23H31N5O3. The third kappa shape index (κ3) is 3.80. The van der Waals surface area contributed by atoms with E-state index in [1.54, 1.807) is 14.2 Å². The molecule has 8 heteroatoms. The first-order valence-corrected chi connectivity index (χ1v) is 11.0. The second-order valence-electron chi connectivity index (χ2n) is 8.47. The summed E-state index contributed by atoms with van der Waals surface area (Å²) >= 11 is 0. The van der Waals surface area contributed by atoms with Crippen molar-refractivity contribution in [1.29, 1.82) is 0 Å². The van der Waals surface area contributed by atoms with Crippen LogP contribution in [0.4, 0.5) is 11.6 Å². The zero-order valence-corrected chi connectivity index (χ0v) is 18.8. The lowest BCUT2D eigenvalue weighted by Crippen LogP contribution is -2.41. The van der Waals surface area contributed by atoms with Gasteiger partial charge >= 0.3 is 5.69 Å². The molecule has 0 N–H and O–H groups in total. The molecule has 1 atom stereocenters. The highest BCUT2D eigenvalue weighted by atomic mass is 16.5. The van der Waals surface area contributed by atoms with Gasteiger partial charge in [-0.25, -0.2) is 4.79 Å². The molecule has 31 heavy (non-hydrogen) atoms. The van der Waals surface area contributed by atoms with Gasteiger partial charge in [-0.15, -0.1) is 0 Å². The predicted molar refractivity (Wildman–Crippen MR) is 122 cm³/mol. The Morgan fingerprint density at radius 3 is 2.58 bits per heavy atom. The van der Waals surface area contributed by atoms with Gasteiger partial charge in [0.25, 0.3) is 5.56 Å². The molecule has 1 aromatic carbocycles. The molecule has 3 heterocycles. The maximum absolute atomic E-state index is 13.3. The Kier molecular flexibility index (Phi) is 6.00. The number of hydrogen-bond donors (Lipinski definition) is 0. The van der Waals surface area contributed by atoms with Gasteiger partial charge in [-0.05, 0) is 36.5 Å². The Labute approximate surface area is 181 Å². The monoisotopic (exact) mass is 425 g/mol. The third-order valence-electron chi connectivity index (χ3n) is 6.03. The van der Waals surface area contributed by atoms with Gasteiger partial charge in [0.05, 0.1) is 13.2 Å². The number of aromatic nitrogens is 4. The lowest BCUT2D eigenvalue weighted by molar-refractivity contribution is 0.184. The highest BCUT2D eigenvalue weighted by Gasteiger charge is 2.29. The summed E-state index contributed by atoms with van der Waals surface area (Å²) in [5.41, 5.74) is 2.60. The molecule has 1 aliphatic heterocycles. The van der Waals surface area contributed by atoms with Crippen LogP contribution in [0.1, 0.15) is 32.3 Å². The fourth-order valence-corrected chi connectivity index (χ4v) is 4.33. The summed E-state index contributed by atoms with van der Waals surface area (Å²) in [4.78, 5) is 32.9. The van der Waals surface area contributed by atoms with Gasteiger partial charge in [0.15, 0.2) is 11.2 Å². The molecule has 0 fully saturated rings. The van der Waals surface area contributed by atoms with Crippen molar-refractivity contribution in [3.05, 3.63) is 50.7 Å². The average molecular weight is 426 g/mol. The van der Waals surface area contributed by atoms with E-state index < -0.39 is 0 Å². The molecule has 1 unspecified atom stereocenters. The zero-order chi connectivity index (χ0) is 22.1. The van der Waals surface area contributed by atoms with Crippen LogP contribution in [0.25, 0.3) is 11.2 Å². The van der Waals surface area contributed by atoms with Crippen LogP contribution >= 0.6 is 0 Å². The minimum absolute atomic E-state index is 0.219. The molecule has 166 valence electrons. The summed E-state index contributed by atoms with van der Waals surface area (Å²) in [5, 5.41) is 0. The average Bonchev–Trinajstić information content (AvgIpc) is 3.15. The first-order chi connectivity index (χ1) is 15.0. The van der Waals surface area contributed by atoms with Crippen molar-refractivity contribution in [3.8, 4) is 0 Å². The predicted octanol–water partition coefficient (Wildman–Crippen LogP) is 2.67. The number of ether oxygens (including phenoxy) is 1. The highest BCUT2D eigenvalue weighted by molar-refractivity contribution is 5.77. The van der Waals surface area contributed by atoms with Gasteiger partial charge in [-0.2, -0.15) is 4.98 Å². The minimum atomic E-state index is -0.370. The van der Waals surface area contributed by atoms with E-state index in [0.717, 1.165) is 18.7 Å². The van der Waals surface area contributed by atoms with Crippen molar-refractivity contribution in [1.82, 2.24) is 18.7 Å². The van der Waals surface area contributed by atoms with Crippen LogP contribution in [-0.4, -0.2) is 38.9 Å². The Morgan fingerprint density at radius 1 is 1.16 bits per heavy atom. The lowest BCUT2D eigenvalue weighted by atomic mass is 10.1. The number of benzene rings is 1. The molecule has 2 aromatic heterocycles. The molecule has 0 saturated heterocycles. The van der Waals surface area contributed by atoms with Crippen LogP contribution in [0.2, 0.25) is 0 Å². The van der Waals surface area contributed by atoms with E-state index in [0.29, 0.717) is 36.2 Å². The van der Waals surface area contributed by atoms with Gasteiger partial charge in [-0.1, -0.05) is 32.4 Å². The molecular weight excluding hydrogens is 394 g/mol. The molecule has 3 aromatic rings. The molecule has 0 amide bonds. The smallest absolute Gasteiger partial charge is 0.332 e. The molecule has 0 spiro atoms. The third-order valence-corrected chi connectivity index (χ3v) is 6.03. The molecule has 0 aliphatic carbocycles. The van der Waals surface area contributed by atoms with Crippen LogP contribution in [0.3, 0.4) is 0 Å². The summed E-state index contributed by atoms with van der Waals surface area (Å²) in [6.45, 7) is 6.39. The zero-order valence-electron chi connectivity index (χ0n) is 18.8. The number of fused-ring (bicyclic) bond motifs is 3. The van der Waals surface area contributed by atoms with E-state index in [4.69, 9.17) is 9.72 Å². The summed E-state index contributed by atoms with van der Waals surface area (Å²) in [6, 6.07) is 8.60. The van der Waals surface area contributed by atoms with Crippen LogP contribution in [-0.2, 0) is 31.3 Å². The molecule has 4 rings (SSSR count). The van der Waals surface area contributed by atoms with E-state index in [-0.39, 0.29) is 17.8 Å². The van der Waals surface area contributed by atoms with E-state index in [1.165, 1.54) is 27.5 Å². The van der Waals surface area contributed by atoms with Gasteiger partial charge in [0, 0.05) is 32.9 Å². The van der Waals surface area contributed by atoms with Gasteiger partial charge in [0.2, 0.25) is 5.95 Å².